The lowest BCUT2D eigenvalue weighted by Gasteiger charge is -2.33. The molecule has 0 aliphatic carbocycles. The van der Waals surface area contributed by atoms with Crippen molar-refractivity contribution in [3.8, 4) is 0 Å². The van der Waals surface area contributed by atoms with Crippen LogP contribution in [0.5, 0.6) is 0 Å². The number of nitrogens with zero attached hydrogens (tertiary/aromatic N) is 2. The summed E-state index contributed by atoms with van der Waals surface area (Å²) in [6.07, 6.45) is 4.14. The molecule has 1 N–H and O–H groups in total. The highest BCUT2D eigenvalue weighted by Gasteiger charge is 2.33. The van der Waals surface area contributed by atoms with Gasteiger partial charge in [-0.2, -0.15) is 0 Å². The number of nitrogens with one attached hydrogen (secondary N) is 1. The predicted octanol–water partition coefficient (Wildman–Crippen LogP) is 3.01. The summed E-state index contributed by atoms with van der Waals surface area (Å²) >= 11 is 0. The Bertz CT molecular complexity index is 614. The predicted molar refractivity (Wildman–Crippen MR) is 81.9 cm³/mol. The van der Waals surface area contributed by atoms with E-state index in [-0.39, 0.29) is 5.54 Å². The van der Waals surface area contributed by atoms with E-state index in [9.17, 15) is 0 Å². The zero-order chi connectivity index (χ0) is 14.2. The lowest BCUT2D eigenvalue weighted by molar-refractivity contribution is 0.324. The first-order valence-corrected chi connectivity index (χ1v) is 7.47. The van der Waals surface area contributed by atoms with Crippen molar-refractivity contribution in [2.75, 3.05) is 6.54 Å². The molecule has 2 heterocycles. The van der Waals surface area contributed by atoms with E-state index < -0.39 is 0 Å². The van der Waals surface area contributed by atoms with Gasteiger partial charge in [-0.15, -0.1) is 0 Å². The van der Waals surface area contributed by atoms with Gasteiger partial charge in [0.25, 0.3) is 0 Å². The molecule has 1 aliphatic rings. The van der Waals surface area contributed by atoms with Crippen LogP contribution in [0.25, 0.3) is 0 Å². The minimum atomic E-state index is 0.0332. The first-order valence-electron chi connectivity index (χ1n) is 7.47. The molecule has 1 unspecified atom stereocenters. The summed E-state index contributed by atoms with van der Waals surface area (Å²) in [6, 6.07) is 8.72. The maximum Gasteiger partial charge on any atom is 0.0955 e. The monoisotopic (exact) mass is 269 g/mol. The molecule has 0 saturated carbocycles. The standard InChI is InChI=1S/C17H23N3/c1-4-17(3)16-15(8-9-19-17)20(12-18-16)11-14-7-5-6-13(2)10-14/h5-7,10,12,19H,4,8-9,11H2,1-3H3. The van der Waals surface area contributed by atoms with Gasteiger partial charge >= 0.3 is 0 Å². The van der Waals surface area contributed by atoms with Gasteiger partial charge < -0.3 is 9.88 Å². The maximum atomic E-state index is 4.70. The van der Waals surface area contributed by atoms with Gasteiger partial charge in [0, 0.05) is 25.2 Å². The first-order chi connectivity index (χ1) is 9.62. The molecule has 0 fully saturated rings. The molecule has 3 rings (SSSR count). The van der Waals surface area contributed by atoms with Crippen LogP contribution in [0.1, 0.15) is 42.8 Å². The van der Waals surface area contributed by atoms with Crippen LogP contribution in [0.15, 0.2) is 30.6 Å². The summed E-state index contributed by atoms with van der Waals surface area (Å²) < 4.78 is 2.32. The largest absolute Gasteiger partial charge is 0.330 e. The van der Waals surface area contributed by atoms with Gasteiger partial charge in [-0.05, 0) is 25.8 Å². The van der Waals surface area contributed by atoms with Gasteiger partial charge in [0.05, 0.1) is 17.6 Å². The third-order valence-electron chi connectivity index (χ3n) is 4.49. The van der Waals surface area contributed by atoms with Crippen LogP contribution in [-0.4, -0.2) is 16.1 Å². The second-order valence-electron chi connectivity index (χ2n) is 6.02. The average Bonchev–Trinajstić information content (AvgIpc) is 2.84. The van der Waals surface area contributed by atoms with E-state index in [0.29, 0.717) is 0 Å². The van der Waals surface area contributed by atoms with Gasteiger partial charge in [-0.1, -0.05) is 36.8 Å². The number of aryl methyl sites for hydroxylation is 1. The van der Waals surface area contributed by atoms with Crippen LogP contribution >= 0.6 is 0 Å². The van der Waals surface area contributed by atoms with Crippen LogP contribution in [0.2, 0.25) is 0 Å². The second-order valence-corrected chi connectivity index (χ2v) is 6.02. The van der Waals surface area contributed by atoms with E-state index in [0.717, 1.165) is 25.9 Å². The Kier molecular flexibility index (Phi) is 3.38. The zero-order valence-corrected chi connectivity index (χ0v) is 12.6. The van der Waals surface area contributed by atoms with Crippen molar-refractivity contribution in [3.05, 3.63) is 53.1 Å². The minimum absolute atomic E-state index is 0.0332. The topological polar surface area (TPSA) is 29.9 Å². The second kappa shape index (κ2) is 5.06. The molecular formula is C17H23N3. The van der Waals surface area contributed by atoms with Gasteiger partial charge in [0.1, 0.15) is 0 Å². The number of hydrogen-bond donors (Lipinski definition) is 1. The van der Waals surface area contributed by atoms with Gasteiger partial charge in [0.15, 0.2) is 0 Å². The molecule has 0 bridgehead atoms. The highest BCUT2D eigenvalue weighted by molar-refractivity contribution is 5.28. The first kappa shape index (κ1) is 13.4. The highest BCUT2D eigenvalue weighted by atomic mass is 15.1. The molecular weight excluding hydrogens is 246 g/mol. The number of rotatable bonds is 3. The van der Waals surface area contributed by atoms with E-state index in [1.165, 1.54) is 22.5 Å². The van der Waals surface area contributed by atoms with Crippen molar-refractivity contribution in [2.24, 2.45) is 0 Å². The van der Waals surface area contributed by atoms with Crippen LogP contribution in [0, 0.1) is 6.92 Å². The molecule has 0 saturated heterocycles. The van der Waals surface area contributed by atoms with Crippen LogP contribution < -0.4 is 5.32 Å². The lowest BCUT2D eigenvalue weighted by atomic mass is 9.89. The van der Waals surface area contributed by atoms with Gasteiger partial charge in [-0.3, -0.25) is 0 Å². The molecule has 1 atom stereocenters. The van der Waals surface area contributed by atoms with Crippen LogP contribution in [0.3, 0.4) is 0 Å². The fourth-order valence-corrected chi connectivity index (χ4v) is 3.11. The summed E-state index contributed by atoms with van der Waals surface area (Å²) in [6.45, 7) is 8.59. The van der Waals surface area contributed by atoms with E-state index in [2.05, 4.69) is 54.9 Å². The quantitative estimate of drug-likeness (QED) is 0.928. The highest BCUT2D eigenvalue weighted by Crippen LogP contribution is 2.30. The fraction of sp³-hybridized carbons (Fsp3) is 0.471. The molecule has 3 heteroatoms. The third-order valence-corrected chi connectivity index (χ3v) is 4.49. The Balaban J connectivity index is 1.93. The number of benzene rings is 1. The van der Waals surface area contributed by atoms with Crippen molar-refractivity contribution < 1.29 is 0 Å². The Hall–Kier alpha value is -1.61. The molecule has 1 aromatic carbocycles. The van der Waals surface area contributed by atoms with E-state index in [1.54, 1.807) is 0 Å². The molecule has 3 nitrogen and oxygen atoms in total. The number of fused-ring (bicyclic) bond motifs is 1. The Labute approximate surface area is 121 Å². The molecule has 106 valence electrons. The maximum absolute atomic E-state index is 4.70. The lowest BCUT2D eigenvalue weighted by Crippen LogP contribution is -2.45. The van der Waals surface area contributed by atoms with Gasteiger partial charge in [0.2, 0.25) is 0 Å². The summed E-state index contributed by atoms with van der Waals surface area (Å²) in [4.78, 5) is 4.70. The molecule has 1 aliphatic heterocycles. The molecule has 0 spiro atoms. The van der Waals surface area contributed by atoms with Crippen molar-refractivity contribution in [1.82, 2.24) is 14.9 Å². The summed E-state index contributed by atoms with van der Waals surface area (Å²) in [5.74, 6) is 0. The van der Waals surface area contributed by atoms with Crippen molar-refractivity contribution in [1.29, 1.82) is 0 Å². The van der Waals surface area contributed by atoms with Crippen molar-refractivity contribution >= 4 is 0 Å². The Morgan fingerprint density at radius 1 is 1.40 bits per heavy atom. The number of hydrogen-bond acceptors (Lipinski definition) is 2. The Morgan fingerprint density at radius 2 is 2.25 bits per heavy atom. The number of aromatic nitrogens is 2. The number of imidazole rings is 1. The van der Waals surface area contributed by atoms with E-state index >= 15 is 0 Å². The summed E-state index contributed by atoms with van der Waals surface area (Å²) in [5.41, 5.74) is 5.33. The smallest absolute Gasteiger partial charge is 0.0955 e. The normalized spacial score (nSPS) is 21.8. The fourth-order valence-electron chi connectivity index (χ4n) is 3.11. The molecule has 20 heavy (non-hydrogen) atoms. The van der Waals surface area contributed by atoms with Crippen LogP contribution in [-0.2, 0) is 18.5 Å². The van der Waals surface area contributed by atoms with E-state index in [4.69, 9.17) is 4.98 Å². The summed E-state index contributed by atoms with van der Waals surface area (Å²) in [7, 11) is 0. The van der Waals surface area contributed by atoms with E-state index in [1.807, 2.05) is 6.33 Å². The Morgan fingerprint density at radius 3 is 3.00 bits per heavy atom. The average molecular weight is 269 g/mol. The minimum Gasteiger partial charge on any atom is -0.330 e. The zero-order valence-electron chi connectivity index (χ0n) is 12.6. The van der Waals surface area contributed by atoms with Crippen molar-refractivity contribution in [2.45, 2.75) is 45.7 Å². The van der Waals surface area contributed by atoms with Gasteiger partial charge in [-0.25, -0.2) is 4.98 Å². The SMILES string of the molecule is CCC1(C)NCCc2c1ncn2Cc1cccc(C)c1. The van der Waals surface area contributed by atoms with Crippen molar-refractivity contribution in [3.63, 3.8) is 0 Å². The summed E-state index contributed by atoms with van der Waals surface area (Å²) in [5, 5.41) is 3.61. The molecule has 1 aromatic heterocycles. The molecule has 0 amide bonds. The third kappa shape index (κ3) is 2.27. The molecule has 0 radical (unpaired) electrons. The molecule has 2 aromatic rings. The van der Waals surface area contributed by atoms with Crippen LogP contribution in [0.4, 0.5) is 0 Å².